The smallest absolute Gasteiger partial charge is 0.417 e. The van der Waals surface area contributed by atoms with E-state index in [0.29, 0.717) is 18.0 Å². The van der Waals surface area contributed by atoms with Crippen molar-refractivity contribution in [3.63, 3.8) is 0 Å². The number of hydrogen-bond acceptors (Lipinski definition) is 4. The number of carbonyl (C=O) groups excluding carboxylic acids is 1. The lowest BCUT2D eigenvalue weighted by molar-refractivity contribution is -0.138. The van der Waals surface area contributed by atoms with Crippen LogP contribution in [0.15, 0.2) is 47.4 Å². The van der Waals surface area contributed by atoms with E-state index in [0.717, 1.165) is 29.3 Å². The molecule has 1 unspecified atom stereocenters. The number of carbonyl (C=O) groups is 1. The van der Waals surface area contributed by atoms with Crippen LogP contribution in [-0.4, -0.2) is 42.1 Å². The Kier molecular flexibility index (Phi) is 8.05. The molecule has 30 heavy (non-hydrogen) atoms. The summed E-state index contributed by atoms with van der Waals surface area (Å²) < 4.78 is 44.7. The molecule has 2 rings (SSSR count). The highest BCUT2D eigenvalue weighted by molar-refractivity contribution is 5.75. The fourth-order valence-corrected chi connectivity index (χ4v) is 3.21. The minimum Gasteiger partial charge on any atom is -0.497 e. The van der Waals surface area contributed by atoms with Crippen LogP contribution in [-0.2, 0) is 17.5 Å². The van der Waals surface area contributed by atoms with Gasteiger partial charge in [-0.05, 0) is 36.9 Å². The molecule has 164 valence electrons. The molecule has 0 radical (unpaired) electrons. The van der Waals surface area contributed by atoms with E-state index >= 15 is 0 Å². The Morgan fingerprint density at radius 2 is 1.90 bits per heavy atom. The van der Waals surface area contributed by atoms with Gasteiger partial charge in [-0.15, -0.1) is 0 Å². The quantitative estimate of drug-likeness (QED) is 0.671. The molecule has 6 nitrogen and oxygen atoms in total. The average molecular weight is 425 g/mol. The number of benzene rings is 1. The molecule has 9 heteroatoms. The highest BCUT2D eigenvalue weighted by Crippen LogP contribution is 2.28. The number of alkyl halides is 3. The monoisotopic (exact) mass is 425 g/mol. The van der Waals surface area contributed by atoms with Crippen LogP contribution in [0.1, 0.15) is 31.0 Å². The maximum atomic E-state index is 12.9. The van der Waals surface area contributed by atoms with Gasteiger partial charge in [0, 0.05) is 18.8 Å². The first kappa shape index (κ1) is 23.5. The van der Waals surface area contributed by atoms with E-state index in [-0.39, 0.29) is 12.6 Å². The molecule has 1 amide bonds. The summed E-state index contributed by atoms with van der Waals surface area (Å²) >= 11 is 0. The van der Waals surface area contributed by atoms with Gasteiger partial charge in [-0.2, -0.15) is 13.2 Å². The van der Waals surface area contributed by atoms with Crippen molar-refractivity contribution in [3.8, 4) is 5.75 Å². The zero-order valence-electron chi connectivity index (χ0n) is 17.2. The first-order chi connectivity index (χ1) is 14.2. The third-order valence-electron chi connectivity index (χ3n) is 4.85. The van der Waals surface area contributed by atoms with Crippen molar-refractivity contribution in [2.75, 3.05) is 26.7 Å². The molecule has 1 aromatic heterocycles. The van der Waals surface area contributed by atoms with E-state index in [4.69, 9.17) is 4.74 Å². The molecule has 0 saturated carbocycles. The van der Waals surface area contributed by atoms with Gasteiger partial charge in [0.2, 0.25) is 5.91 Å². The van der Waals surface area contributed by atoms with Gasteiger partial charge >= 0.3 is 6.18 Å². The maximum absolute atomic E-state index is 12.9. The standard InChI is InChI=1S/C21H26F3N3O3/c1-4-26(5-2)18(15-7-6-8-17(11-15)30-3)12-25-19(28)14-27-13-16(21(22,23)24)9-10-20(27)29/h6-11,13,18H,4-5,12,14H2,1-3H3,(H,25,28). The van der Waals surface area contributed by atoms with Gasteiger partial charge in [-0.3, -0.25) is 14.5 Å². The lowest BCUT2D eigenvalue weighted by Crippen LogP contribution is -2.40. The molecule has 1 N–H and O–H groups in total. The largest absolute Gasteiger partial charge is 0.497 e. The SMILES string of the molecule is CCN(CC)C(CNC(=O)Cn1cc(C(F)(F)F)ccc1=O)c1cccc(OC)c1. The van der Waals surface area contributed by atoms with Crippen LogP contribution in [0.2, 0.25) is 0 Å². The molecule has 1 heterocycles. The van der Waals surface area contributed by atoms with Gasteiger partial charge in [0.1, 0.15) is 12.3 Å². The number of amides is 1. The molecule has 1 aromatic carbocycles. The first-order valence-electron chi connectivity index (χ1n) is 9.62. The fraction of sp³-hybridized carbons (Fsp3) is 0.429. The van der Waals surface area contributed by atoms with Crippen LogP contribution in [0.3, 0.4) is 0 Å². The number of aromatic nitrogens is 1. The molecule has 0 aliphatic carbocycles. The molecule has 0 aliphatic rings. The molecule has 0 bridgehead atoms. The summed E-state index contributed by atoms with van der Waals surface area (Å²) in [5, 5.41) is 2.74. The normalized spacial score (nSPS) is 12.6. The van der Waals surface area contributed by atoms with E-state index in [1.807, 2.05) is 38.1 Å². The molecule has 1 atom stereocenters. The summed E-state index contributed by atoms with van der Waals surface area (Å²) in [6.07, 6.45) is -3.93. The molecule has 2 aromatic rings. The van der Waals surface area contributed by atoms with Crippen molar-refractivity contribution in [1.82, 2.24) is 14.8 Å². The van der Waals surface area contributed by atoms with Gasteiger partial charge < -0.3 is 14.6 Å². The topological polar surface area (TPSA) is 63.6 Å². The van der Waals surface area contributed by atoms with E-state index in [1.165, 1.54) is 0 Å². The fourth-order valence-electron chi connectivity index (χ4n) is 3.21. The Labute approximate surface area is 173 Å². The zero-order chi connectivity index (χ0) is 22.3. The molecule has 0 aliphatic heterocycles. The molecule has 0 fully saturated rings. The van der Waals surface area contributed by atoms with Crippen LogP contribution in [0, 0.1) is 0 Å². The molecule has 0 spiro atoms. The van der Waals surface area contributed by atoms with E-state index in [1.54, 1.807) is 7.11 Å². The number of ether oxygens (including phenoxy) is 1. The van der Waals surface area contributed by atoms with Crippen LogP contribution < -0.4 is 15.6 Å². The van der Waals surface area contributed by atoms with Crippen molar-refractivity contribution in [1.29, 1.82) is 0 Å². The minimum absolute atomic E-state index is 0.155. The van der Waals surface area contributed by atoms with Crippen LogP contribution in [0.4, 0.5) is 13.2 Å². The summed E-state index contributed by atoms with van der Waals surface area (Å²) in [6, 6.07) is 8.84. The molecule has 0 saturated heterocycles. The van der Waals surface area contributed by atoms with Gasteiger partial charge in [0.15, 0.2) is 0 Å². The number of likely N-dealkylation sites (N-methyl/N-ethyl adjacent to an activating group) is 1. The number of hydrogen-bond donors (Lipinski definition) is 1. The number of methoxy groups -OCH3 is 1. The summed E-state index contributed by atoms with van der Waals surface area (Å²) in [7, 11) is 1.57. The van der Waals surface area contributed by atoms with E-state index < -0.39 is 29.8 Å². The summed E-state index contributed by atoms with van der Waals surface area (Å²) in [6.45, 7) is 5.22. The Hall–Kier alpha value is -2.81. The van der Waals surface area contributed by atoms with E-state index in [9.17, 15) is 22.8 Å². The average Bonchev–Trinajstić information content (AvgIpc) is 2.71. The number of pyridine rings is 1. The maximum Gasteiger partial charge on any atom is 0.417 e. The molecular weight excluding hydrogens is 399 g/mol. The van der Waals surface area contributed by atoms with Gasteiger partial charge in [-0.25, -0.2) is 0 Å². The second-order valence-electron chi connectivity index (χ2n) is 6.70. The van der Waals surface area contributed by atoms with Crippen molar-refractivity contribution in [2.24, 2.45) is 0 Å². The lowest BCUT2D eigenvalue weighted by atomic mass is 10.0. The third kappa shape index (κ3) is 6.09. The van der Waals surface area contributed by atoms with E-state index in [2.05, 4.69) is 10.2 Å². The van der Waals surface area contributed by atoms with Gasteiger partial charge in [0.25, 0.3) is 5.56 Å². The zero-order valence-corrected chi connectivity index (χ0v) is 17.2. The number of rotatable bonds is 9. The van der Waals surface area contributed by atoms with Gasteiger partial charge in [-0.1, -0.05) is 26.0 Å². The van der Waals surface area contributed by atoms with Gasteiger partial charge in [0.05, 0.1) is 18.7 Å². The summed E-state index contributed by atoms with van der Waals surface area (Å²) in [5.41, 5.74) is -0.715. The highest BCUT2D eigenvalue weighted by Gasteiger charge is 2.31. The van der Waals surface area contributed by atoms with Crippen molar-refractivity contribution < 1.29 is 22.7 Å². The number of nitrogens with zero attached hydrogens (tertiary/aromatic N) is 2. The van der Waals surface area contributed by atoms with Crippen molar-refractivity contribution in [3.05, 3.63) is 64.1 Å². The van der Waals surface area contributed by atoms with Crippen LogP contribution in [0.5, 0.6) is 5.75 Å². The Morgan fingerprint density at radius 1 is 1.20 bits per heavy atom. The van der Waals surface area contributed by atoms with Crippen molar-refractivity contribution >= 4 is 5.91 Å². The first-order valence-corrected chi connectivity index (χ1v) is 9.62. The lowest BCUT2D eigenvalue weighted by Gasteiger charge is -2.30. The highest BCUT2D eigenvalue weighted by atomic mass is 19.4. The number of halogens is 3. The predicted octanol–water partition coefficient (Wildman–Crippen LogP) is 3.08. The second-order valence-corrected chi connectivity index (χ2v) is 6.70. The molecular formula is C21H26F3N3O3. The Morgan fingerprint density at radius 3 is 2.50 bits per heavy atom. The second kappa shape index (κ2) is 10.3. The summed E-state index contributed by atoms with van der Waals surface area (Å²) in [5.74, 6) is 0.142. The Bertz CT molecular complexity index is 908. The van der Waals surface area contributed by atoms with Crippen molar-refractivity contribution in [2.45, 2.75) is 32.6 Å². The number of nitrogens with one attached hydrogen (secondary N) is 1. The minimum atomic E-state index is -4.59. The van der Waals surface area contributed by atoms with Crippen LogP contribution in [0.25, 0.3) is 0 Å². The Balaban J connectivity index is 2.15. The summed E-state index contributed by atoms with van der Waals surface area (Å²) in [4.78, 5) is 26.4. The van der Waals surface area contributed by atoms with Crippen LogP contribution >= 0.6 is 0 Å². The third-order valence-corrected chi connectivity index (χ3v) is 4.85. The predicted molar refractivity (Wildman–Crippen MR) is 107 cm³/mol.